The van der Waals surface area contributed by atoms with Crippen molar-refractivity contribution in [3.8, 4) is 5.69 Å². The topological polar surface area (TPSA) is 107 Å². The van der Waals surface area contributed by atoms with E-state index < -0.39 is 15.7 Å². The third-order valence-corrected chi connectivity index (χ3v) is 4.61. The molecule has 3 aromatic rings. The number of nitrogens with one attached hydrogen (secondary N) is 1. The number of hydrogen-bond donors (Lipinski definition) is 1. The molecule has 9 heteroatoms. The molecular weight excluding hydrogens is 342 g/mol. The Labute approximate surface area is 144 Å². The van der Waals surface area contributed by atoms with Crippen LogP contribution in [-0.4, -0.2) is 40.8 Å². The van der Waals surface area contributed by atoms with Gasteiger partial charge in [0.25, 0.3) is 5.91 Å². The number of rotatable bonds is 4. The molecule has 1 N–H and O–H groups in total. The molecule has 2 aromatic carbocycles. The van der Waals surface area contributed by atoms with Gasteiger partial charge in [0.1, 0.15) is 0 Å². The number of carbonyl (C=O) groups excluding carboxylic acids is 1. The second-order valence-electron chi connectivity index (χ2n) is 5.44. The molecule has 128 valence electrons. The Morgan fingerprint density at radius 2 is 1.88 bits per heavy atom. The predicted octanol–water partition coefficient (Wildman–Crippen LogP) is 1.63. The minimum Gasteiger partial charge on any atom is -0.322 e. The summed E-state index contributed by atoms with van der Waals surface area (Å²) >= 11 is 0. The molecule has 0 bridgehead atoms. The third kappa shape index (κ3) is 3.72. The van der Waals surface area contributed by atoms with Gasteiger partial charge in [-0.2, -0.15) is 4.68 Å². The fourth-order valence-corrected chi connectivity index (χ4v) is 2.92. The molecule has 0 aliphatic carbocycles. The van der Waals surface area contributed by atoms with Crippen molar-refractivity contribution in [3.05, 3.63) is 59.9 Å². The van der Waals surface area contributed by atoms with Crippen molar-refractivity contribution >= 4 is 21.4 Å². The molecule has 1 amide bonds. The zero-order valence-electron chi connectivity index (χ0n) is 13.5. The summed E-state index contributed by atoms with van der Waals surface area (Å²) in [5.41, 5.74) is 1.50. The highest BCUT2D eigenvalue weighted by molar-refractivity contribution is 7.90. The Kier molecular flexibility index (Phi) is 4.32. The van der Waals surface area contributed by atoms with Crippen molar-refractivity contribution in [2.75, 3.05) is 11.6 Å². The summed E-state index contributed by atoms with van der Waals surface area (Å²) in [6, 6.07) is 12.9. The molecule has 0 aliphatic heterocycles. The van der Waals surface area contributed by atoms with Crippen LogP contribution in [0.5, 0.6) is 0 Å². The number of carbonyl (C=O) groups is 1. The molecule has 25 heavy (non-hydrogen) atoms. The lowest BCUT2D eigenvalue weighted by atomic mass is 10.2. The summed E-state index contributed by atoms with van der Waals surface area (Å²) in [5, 5.41) is 14.0. The van der Waals surface area contributed by atoms with Crippen molar-refractivity contribution in [2.24, 2.45) is 0 Å². The van der Waals surface area contributed by atoms with Gasteiger partial charge in [-0.15, -0.1) is 5.10 Å². The van der Waals surface area contributed by atoms with Gasteiger partial charge in [0.2, 0.25) is 0 Å². The lowest BCUT2D eigenvalue weighted by molar-refractivity contribution is 0.102. The SMILES string of the molecule is Cc1nnnn1-c1cccc(NC(=O)c2cccc(S(C)(=O)=O)c2)c1. The molecule has 0 radical (unpaired) electrons. The van der Waals surface area contributed by atoms with Crippen molar-refractivity contribution in [3.63, 3.8) is 0 Å². The smallest absolute Gasteiger partial charge is 0.255 e. The fraction of sp³-hybridized carbons (Fsp3) is 0.125. The molecule has 0 spiro atoms. The lowest BCUT2D eigenvalue weighted by Crippen LogP contribution is -2.13. The molecule has 1 aromatic heterocycles. The first kappa shape index (κ1) is 16.8. The van der Waals surface area contributed by atoms with E-state index in [0.717, 1.165) is 6.26 Å². The summed E-state index contributed by atoms with van der Waals surface area (Å²) in [7, 11) is -3.38. The summed E-state index contributed by atoms with van der Waals surface area (Å²) in [6.45, 7) is 1.77. The molecule has 0 unspecified atom stereocenters. The largest absolute Gasteiger partial charge is 0.322 e. The van der Waals surface area contributed by atoms with Gasteiger partial charge < -0.3 is 5.32 Å². The summed E-state index contributed by atoms with van der Waals surface area (Å²) < 4.78 is 24.8. The van der Waals surface area contributed by atoms with Crippen LogP contribution in [0, 0.1) is 6.92 Å². The van der Waals surface area contributed by atoms with Gasteiger partial charge in [0.15, 0.2) is 15.7 Å². The summed E-state index contributed by atoms with van der Waals surface area (Å²) in [4.78, 5) is 12.5. The van der Waals surface area contributed by atoms with Gasteiger partial charge in [-0.1, -0.05) is 12.1 Å². The average molecular weight is 357 g/mol. The Balaban J connectivity index is 1.86. The van der Waals surface area contributed by atoms with Gasteiger partial charge in [0, 0.05) is 17.5 Å². The predicted molar refractivity (Wildman–Crippen MR) is 91.4 cm³/mol. The van der Waals surface area contributed by atoms with Crippen LogP contribution in [0.25, 0.3) is 5.69 Å². The minimum absolute atomic E-state index is 0.0956. The van der Waals surface area contributed by atoms with E-state index in [2.05, 4.69) is 20.8 Å². The number of aromatic nitrogens is 4. The van der Waals surface area contributed by atoms with Gasteiger partial charge in [-0.25, -0.2) is 8.42 Å². The molecule has 8 nitrogen and oxygen atoms in total. The maximum atomic E-state index is 12.4. The molecule has 0 saturated heterocycles. The van der Waals surface area contributed by atoms with Crippen LogP contribution in [0.4, 0.5) is 5.69 Å². The Hall–Kier alpha value is -3.07. The molecule has 3 rings (SSSR count). The number of anilines is 1. The quantitative estimate of drug-likeness (QED) is 0.760. The number of benzene rings is 2. The first-order chi connectivity index (χ1) is 11.8. The van der Waals surface area contributed by atoms with Crippen LogP contribution >= 0.6 is 0 Å². The molecule has 0 saturated carbocycles. The maximum Gasteiger partial charge on any atom is 0.255 e. The minimum atomic E-state index is -3.38. The number of hydrogen-bond acceptors (Lipinski definition) is 6. The van der Waals surface area contributed by atoms with Crippen LogP contribution in [0.1, 0.15) is 16.2 Å². The average Bonchev–Trinajstić information content (AvgIpc) is 3.00. The van der Waals surface area contributed by atoms with E-state index >= 15 is 0 Å². The van der Waals surface area contributed by atoms with E-state index in [9.17, 15) is 13.2 Å². The summed E-state index contributed by atoms with van der Waals surface area (Å²) in [5.74, 6) is 0.209. The van der Waals surface area contributed by atoms with Gasteiger partial charge >= 0.3 is 0 Å². The second kappa shape index (κ2) is 6.44. The van der Waals surface area contributed by atoms with Crippen LogP contribution in [0.15, 0.2) is 53.4 Å². The Bertz CT molecular complexity index is 1040. The van der Waals surface area contributed by atoms with Gasteiger partial charge in [0.05, 0.1) is 10.6 Å². The first-order valence-electron chi connectivity index (χ1n) is 7.31. The number of aryl methyl sites for hydroxylation is 1. The number of sulfone groups is 1. The van der Waals surface area contributed by atoms with E-state index in [-0.39, 0.29) is 10.5 Å². The van der Waals surface area contributed by atoms with E-state index in [1.54, 1.807) is 35.9 Å². The monoisotopic (exact) mass is 357 g/mol. The van der Waals surface area contributed by atoms with E-state index in [4.69, 9.17) is 0 Å². The lowest BCUT2D eigenvalue weighted by Gasteiger charge is -2.08. The number of amides is 1. The van der Waals surface area contributed by atoms with Gasteiger partial charge in [-0.3, -0.25) is 4.79 Å². The van der Waals surface area contributed by atoms with E-state index in [0.29, 0.717) is 17.2 Å². The highest BCUT2D eigenvalue weighted by Crippen LogP contribution is 2.17. The highest BCUT2D eigenvalue weighted by Gasteiger charge is 2.12. The third-order valence-electron chi connectivity index (χ3n) is 3.50. The molecule has 0 atom stereocenters. The fourth-order valence-electron chi connectivity index (χ4n) is 2.26. The zero-order valence-corrected chi connectivity index (χ0v) is 14.4. The van der Waals surface area contributed by atoms with E-state index in [1.807, 2.05) is 6.07 Å². The van der Waals surface area contributed by atoms with Crippen LogP contribution < -0.4 is 5.32 Å². The summed E-state index contributed by atoms with van der Waals surface area (Å²) in [6.07, 6.45) is 1.10. The number of nitrogens with zero attached hydrogens (tertiary/aromatic N) is 4. The van der Waals surface area contributed by atoms with Crippen LogP contribution in [0.2, 0.25) is 0 Å². The standard InChI is InChI=1S/C16H15N5O3S/c1-11-18-19-20-21(11)14-7-4-6-13(10-14)17-16(22)12-5-3-8-15(9-12)25(2,23)24/h3-10H,1-2H3,(H,17,22). The first-order valence-corrected chi connectivity index (χ1v) is 9.20. The van der Waals surface area contributed by atoms with Crippen molar-refractivity contribution in [1.29, 1.82) is 0 Å². The van der Waals surface area contributed by atoms with Crippen molar-refractivity contribution < 1.29 is 13.2 Å². The van der Waals surface area contributed by atoms with Crippen molar-refractivity contribution in [1.82, 2.24) is 20.2 Å². The second-order valence-corrected chi connectivity index (χ2v) is 7.46. The van der Waals surface area contributed by atoms with E-state index in [1.165, 1.54) is 18.2 Å². The Morgan fingerprint density at radius 1 is 1.12 bits per heavy atom. The molecule has 0 fully saturated rings. The van der Waals surface area contributed by atoms with Crippen molar-refractivity contribution in [2.45, 2.75) is 11.8 Å². The normalized spacial score (nSPS) is 11.3. The molecule has 1 heterocycles. The maximum absolute atomic E-state index is 12.4. The zero-order chi connectivity index (χ0) is 18.0. The van der Waals surface area contributed by atoms with Crippen LogP contribution in [-0.2, 0) is 9.84 Å². The number of tetrazole rings is 1. The Morgan fingerprint density at radius 3 is 2.56 bits per heavy atom. The van der Waals surface area contributed by atoms with Crippen LogP contribution in [0.3, 0.4) is 0 Å². The molecular formula is C16H15N5O3S. The molecule has 0 aliphatic rings. The highest BCUT2D eigenvalue weighted by atomic mass is 32.2. The van der Waals surface area contributed by atoms with Gasteiger partial charge in [-0.05, 0) is 53.7 Å².